The lowest BCUT2D eigenvalue weighted by Gasteiger charge is -2.44. The van der Waals surface area contributed by atoms with Gasteiger partial charge in [0.25, 0.3) is 0 Å². The molecule has 4 unspecified atom stereocenters. The van der Waals surface area contributed by atoms with Crippen LogP contribution in [0.3, 0.4) is 0 Å². The van der Waals surface area contributed by atoms with Crippen LogP contribution in [0.2, 0.25) is 0 Å². The number of hydrogen-bond donors (Lipinski definition) is 2. The molecule has 22 heavy (non-hydrogen) atoms. The highest BCUT2D eigenvalue weighted by molar-refractivity contribution is 5.67. The van der Waals surface area contributed by atoms with E-state index in [9.17, 15) is 4.79 Å². The Morgan fingerprint density at radius 3 is 2.45 bits per heavy atom. The Hall–Kier alpha value is -0.770. The summed E-state index contributed by atoms with van der Waals surface area (Å²) in [5, 5.41) is 6.66. The van der Waals surface area contributed by atoms with Gasteiger partial charge in [-0.1, -0.05) is 20.8 Å². The molecular formula is C18H34N2O2. The lowest BCUT2D eigenvalue weighted by molar-refractivity contribution is 0.0514. The van der Waals surface area contributed by atoms with Crippen molar-refractivity contribution >= 4 is 6.09 Å². The van der Waals surface area contributed by atoms with E-state index in [4.69, 9.17) is 4.74 Å². The number of ether oxygens (including phenoxy) is 1. The van der Waals surface area contributed by atoms with Gasteiger partial charge in [-0.25, -0.2) is 4.79 Å². The molecular weight excluding hydrogens is 276 g/mol. The Balaban J connectivity index is 1.85. The first kappa shape index (κ1) is 17.6. The molecule has 4 heteroatoms. The van der Waals surface area contributed by atoms with Gasteiger partial charge < -0.3 is 15.4 Å². The van der Waals surface area contributed by atoms with Gasteiger partial charge in [0.15, 0.2) is 0 Å². The quantitative estimate of drug-likeness (QED) is 0.832. The van der Waals surface area contributed by atoms with Crippen LogP contribution in [0.4, 0.5) is 4.79 Å². The minimum absolute atomic E-state index is 0.243. The highest BCUT2D eigenvalue weighted by atomic mass is 16.6. The highest BCUT2D eigenvalue weighted by Gasteiger charge is 2.59. The smallest absolute Gasteiger partial charge is 0.407 e. The van der Waals surface area contributed by atoms with Crippen molar-refractivity contribution in [3.8, 4) is 0 Å². The molecule has 2 N–H and O–H groups in total. The summed E-state index contributed by atoms with van der Waals surface area (Å²) in [6, 6.07) is 0.766. The molecule has 4 atom stereocenters. The third-order valence-electron chi connectivity index (χ3n) is 5.67. The molecule has 0 aromatic carbocycles. The minimum Gasteiger partial charge on any atom is -0.444 e. The number of carbonyl (C=O) groups excluding carboxylic acids is 1. The topological polar surface area (TPSA) is 50.4 Å². The van der Waals surface area contributed by atoms with Crippen molar-refractivity contribution in [3.63, 3.8) is 0 Å². The second-order valence-electron chi connectivity index (χ2n) is 9.30. The Bertz CT molecular complexity index is 423. The lowest BCUT2D eigenvalue weighted by Crippen LogP contribution is -2.55. The Labute approximate surface area is 135 Å². The van der Waals surface area contributed by atoms with Crippen molar-refractivity contribution < 1.29 is 9.53 Å². The largest absolute Gasteiger partial charge is 0.444 e. The molecule has 0 aromatic heterocycles. The van der Waals surface area contributed by atoms with Gasteiger partial charge in [0.05, 0.1) is 0 Å². The molecule has 4 nitrogen and oxygen atoms in total. The second kappa shape index (κ2) is 5.70. The lowest BCUT2D eigenvalue weighted by atomic mass is 9.68. The molecule has 2 fully saturated rings. The third-order valence-corrected chi connectivity index (χ3v) is 5.67. The van der Waals surface area contributed by atoms with E-state index in [1.807, 2.05) is 20.8 Å². The summed E-state index contributed by atoms with van der Waals surface area (Å²) in [6.45, 7) is 15.6. The first-order valence-electron chi connectivity index (χ1n) is 8.67. The van der Waals surface area contributed by atoms with Crippen LogP contribution < -0.4 is 10.6 Å². The summed E-state index contributed by atoms with van der Waals surface area (Å²) in [5.74, 6) is 0.834. The summed E-state index contributed by atoms with van der Waals surface area (Å²) in [7, 11) is 0. The third kappa shape index (κ3) is 3.58. The second-order valence-corrected chi connectivity index (χ2v) is 9.30. The fraction of sp³-hybridized carbons (Fsp3) is 0.944. The monoisotopic (exact) mass is 310 g/mol. The number of carbonyl (C=O) groups is 1. The molecule has 2 bridgehead atoms. The average molecular weight is 310 g/mol. The SMILES string of the molecule is CC(CNC(=O)OC(C)(C)C)NC1C2(C)CCC(C2)C1(C)C. The zero-order valence-electron chi connectivity index (χ0n) is 15.4. The summed E-state index contributed by atoms with van der Waals surface area (Å²) in [6.07, 6.45) is 3.70. The molecule has 2 rings (SSSR count). The summed E-state index contributed by atoms with van der Waals surface area (Å²) in [4.78, 5) is 11.8. The van der Waals surface area contributed by atoms with Crippen LogP contribution in [0.15, 0.2) is 0 Å². The van der Waals surface area contributed by atoms with E-state index < -0.39 is 5.60 Å². The minimum atomic E-state index is -0.444. The molecule has 1 amide bonds. The van der Waals surface area contributed by atoms with Gasteiger partial charge in [0.1, 0.15) is 5.60 Å². The van der Waals surface area contributed by atoms with E-state index in [0.717, 1.165) is 5.92 Å². The Morgan fingerprint density at radius 2 is 1.95 bits per heavy atom. The van der Waals surface area contributed by atoms with Crippen molar-refractivity contribution in [2.75, 3.05) is 6.54 Å². The van der Waals surface area contributed by atoms with E-state index in [1.165, 1.54) is 19.3 Å². The number of fused-ring (bicyclic) bond motifs is 2. The zero-order valence-corrected chi connectivity index (χ0v) is 15.4. The average Bonchev–Trinajstić information content (AvgIpc) is 2.81. The number of hydrogen-bond acceptors (Lipinski definition) is 3. The number of rotatable bonds is 4. The van der Waals surface area contributed by atoms with Gasteiger partial charge in [-0.05, 0) is 63.7 Å². The molecule has 2 aliphatic carbocycles. The van der Waals surface area contributed by atoms with Gasteiger partial charge in [0, 0.05) is 18.6 Å². The van der Waals surface area contributed by atoms with Crippen LogP contribution in [-0.2, 0) is 4.74 Å². The van der Waals surface area contributed by atoms with Crippen LogP contribution >= 0.6 is 0 Å². The van der Waals surface area contributed by atoms with Crippen molar-refractivity contribution in [2.24, 2.45) is 16.7 Å². The van der Waals surface area contributed by atoms with Crippen molar-refractivity contribution in [1.82, 2.24) is 10.6 Å². The van der Waals surface area contributed by atoms with Gasteiger partial charge >= 0.3 is 6.09 Å². The van der Waals surface area contributed by atoms with E-state index in [-0.39, 0.29) is 12.1 Å². The predicted octanol–water partition coefficient (Wildman–Crippen LogP) is 3.70. The van der Waals surface area contributed by atoms with E-state index in [1.54, 1.807) is 0 Å². The maximum Gasteiger partial charge on any atom is 0.407 e. The highest BCUT2D eigenvalue weighted by Crippen LogP contribution is 2.62. The zero-order chi connectivity index (χ0) is 16.8. The standard InChI is InChI=1S/C18H34N2O2/c1-12(11-19-15(21)22-16(2,3)4)20-14-17(5,6)13-8-9-18(14,7)10-13/h12-14,20H,8-11H2,1-7H3,(H,19,21). The van der Waals surface area contributed by atoms with Crippen molar-refractivity contribution in [1.29, 1.82) is 0 Å². The van der Waals surface area contributed by atoms with E-state index in [2.05, 4.69) is 38.3 Å². The van der Waals surface area contributed by atoms with Gasteiger partial charge in [-0.15, -0.1) is 0 Å². The van der Waals surface area contributed by atoms with Crippen LogP contribution in [-0.4, -0.2) is 30.3 Å². The normalized spacial score (nSPS) is 34.5. The molecule has 128 valence electrons. The fourth-order valence-electron chi connectivity index (χ4n) is 4.61. The maximum atomic E-state index is 11.8. The summed E-state index contributed by atoms with van der Waals surface area (Å²) in [5.41, 5.74) is 0.308. The molecule has 0 heterocycles. The molecule has 0 aromatic rings. The molecule has 0 aliphatic heterocycles. The van der Waals surface area contributed by atoms with Crippen LogP contribution in [0, 0.1) is 16.7 Å². The predicted molar refractivity (Wildman–Crippen MR) is 89.9 cm³/mol. The van der Waals surface area contributed by atoms with Crippen LogP contribution in [0.5, 0.6) is 0 Å². The van der Waals surface area contributed by atoms with Gasteiger partial charge in [-0.2, -0.15) is 0 Å². The number of nitrogens with one attached hydrogen (secondary N) is 2. The Kier molecular flexibility index (Phi) is 4.55. The molecule has 0 saturated heterocycles. The fourth-order valence-corrected chi connectivity index (χ4v) is 4.61. The summed E-state index contributed by atoms with van der Waals surface area (Å²) >= 11 is 0. The van der Waals surface area contributed by atoms with E-state index >= 15 is 0 Å². The first-order valence-corrected chi connectivity index (χ1v) is 8.67. The Morgan fingerprint density at radius 1 is 1.32 bits per heavy atom. The van der Waals surface area contributed by atoms with Crippen LogP contribution in [0.1, 0.15) is 67.7 Å². The van der Waals surface area contributed by atoms with Gasteiger partial charge in [-0.3, -0.25) is 0 Å². The summed E-state index contributed by atoms with van der Waals surface area (Å²) < 4.78 is 5.29. The number of amides is 1. The first-order chi connectivity index (χ1) is 9.94. The molecule has 0 spiro atoms. The van der Waals surface area contributed by atoms with Crippen molar-refractivity contribution in [3.05, 3.63) is 0 Å². The van der Waals surface area contributed by atoms with Crippen molar-refractivity contribution in [2.45, 2.75) is 85.4 Å². The number of alkyl carbamates (subject to hydrolysis) is 1. The van der Waals surface area contributed by atoms with Crippen LogP contribution in [0.25, 0.3) is 0 Å². The van der Waals surface area contributed by atoms with Gasteiger partial charge in [0.2, 0.25) is 0 Å². The van der Waals surface area contributed by atoms with E-state index in [0.29, 0.717) is 23.4 Å². The maximum absolute atomic E-state index is 11.8. The molecule has 0 radical (unpaired) electrons. The molecule has 2 saturated carbocycles. The molecule has 2 aliphatic rings.